The van der Waals surface area contributed by atoms with E-state index in [9.17, 15) is 4.79 Å². The highest BCUT2D eigenvalue weighted by Crippen LogP contribution is 2.33. The van der Waals surface area contributed by atoms with Crippen LogP contribution in [-0.2, 0) is 4.79 Å². The third kappa shape index (κ3) is 2.18. The summed E-state index contributed by atoms with van der Waals surface area (Å²) in [4.78, 5) is 23.1. The summed E-state index contributed by atoms with van der Waals surface area (Å²) < 4.78 is 0. The van der Waals surface area contributed by atoms with Crippen molar-refractivity contribution in [1.82, 2.24) is 9.97 Å². The van der Waals surface area contributed by atoms with Gasteiger partial charge in [0.2, 0.25) is 11.9 Å². The number of hydrogen-bond acceptors (Lipinski definition) is 6. The summed E-state index contributed by atoms with van der Waals surface area (Å²) in [7, 11) is 0. The molecule has 3 rings (SSSR count). The molecule has 2 aromatic heterocycles. The number of primary amides is 1. The molecule has 2 atom stereocenters. The number of piperidine rings is 1. The summed E-state index contributed by atoms with van der Waals surface area (Å²) in [6, 6.07) is 2.30. The van der Waals surface area contributed by atoms with Crippen LogP contribution in [0.5, 0.6) is 0 Å². The highest BCUT2D eigenvalue weighted by atomic mass is 32.1. The molecule has 0 aliphatic carbocycles. The van der Waals surface area contributed by atoms with E-state index in [4.69, 9.17) is 11.5 Å². The minimum absolute atomic E-state index is 0.129. The van der Waals surface area contributed by atoms with Gasteiger partial charge in [0, 0.05) is 12.6 Å². The average Bonchev–Trinajstić information content (AvgIpc) is 2.86. The molecular formula is C13H17N5OS. The maximum Gasteiger partial charge on any atom is 0.223 e. The van der Waals surface area contributed by atoms with E-state index in [-0.39, 0.29) is 17.8 Å². The lowest BCUT2D eigenvalue weighted by Crippen LogP contribution is -2.46. The first-order valence-corrected chi connectivity index (χ1v) is 7.51. The van der Waals surface area contributed by atoms with E-state index in [2.05, 4.69) is 21.8 Å². The molecule has 106 valence electrons. The fraction of sp³-hybridized carbons (Fsp3) is 0.462. The summed E-state index contributed by atoms with van der Waals surface area (Å²) in [6.45, 7) is 2.73. The van der Waals surface area contributed by atoms with Crippen molar-refractivity contribution in [2.75, 3.05) is 17.2 Å². The summed E-state index contributed by atoms with van der Waals surface area (Å²) in [5.74, 6) is 0.706. The Morgan fingerprint density at radius 1 is 1.45 bits per heavy atom. The SMILES string of the molecule is CC1CCC(C(N)=O)CN1c1nc(N)nc2sccc12. The van der Waals surface area contributed by atoms with Gasteiger partial charge in [0.05, 0.1) is 11.3 Å². The van der Waals surface area contributed by atoms with Crippen molar-refractivity contribution in [3.8, 4) is 0 Å². The fourth-order valence-corrected chi connectivity index (χ4v) is 3.47. The highest BCUT2D eigenvalue weighted by molar-refractivity contribution is 7.16. The van der Waals surface area contributed by atoms with E-state index >= 15 is 0 Å². The predicted octanol–water partition coefficient (Wildman–Crippen LogP) is 1.36. The minimum atomic E-state index is -0.245. The number of carbonyl (C=O) groups is 1. The number of carbonyl (C=O) groups excluding carboxylic acids is 1. The first-order chi connectivity index (χ1) is 9.56. The lowest BCUT2D eigenvalue weighted by Gasteiger charge is -2.38. The number of fused-ring (bicyclic) bond motifs is 1. The third-order valence-corrected chi connectivity index (χ3v) is 4.69. The first kappa shape index (κ1) is 13.1. The Bertz CT molecular complexity index is 655. The van der Waals surface area contributed by atoms with Crippen molar-refractivity contribution in [3.05, 3.63) is 11.4 Å². The molecular weight excluding hydrogens is 274 g/mol. The first-order valence-electron chi connectivity index (χ1n) is 6.63. The lowest BCUT2D eigenvalue weighted by atomic mass is 9.93. The Balaban J connectivity index is 2.04. The maximum atomic E-state index is 11.5. The Kier molecular flexibility index (Phi) is 3.21. The standard InChI is InChI=1S/C13H17N5OS/c1-7-2-3-8(10(14)19)6-18(7)11-9-4-5-20-12(9)17-13(15)16-11/h4-5,7-8H,2-3,6H2,1H3,(H2,14,19)(H2,15,16,17). The largest absolute Gasteiger partial charge is 0.369 e. The number of nitrogens with zero attached hydrogens (tertiary/aromatic N) is 3. The van der Waals surface area contributed by atoms with E-state index in [1.807, 2.05) is 11.4 Å². The molecule has 0 aromatic carbocycles. The summed E-state index contributed by atoms with van der Waals surface area (Å²) >= 11 is 1.54. The summed E-state index contributed by atoms with van der Waals surface area (Å²) in [6.07, 6.45) is 1.75. The lowest BCUT2D eigenvalue weighted by molar-refractivity contribution is -0.122. The second kappa shape index (κ2) is 4.90. The van der Waals surface area contributed by atoms with Crippen molar-refractivity contribution in [2.24, 2.45) is 11.7 Å². The molecule has 1 amide bonds. The number of aromatic nitrogens is 2. The second-order valence-electron chi connectivity index (χ2n) is 5.22. The van der Waals surface area contributed by atoms with Gasteiger partial charge in [-0.2, -0.15) is 4.98 Å². The van der Waals surface area contributed by atoms with Gasteiger partial charge in [-0.15, -0.1) is 11.3 Å². The van der Waals surface area contributed by atoms with Gasteiger partial charge in [-0.3, -0.25) is 4.79 Å². The summed E-state index contributed by atoms with van der Waals surface area (Å²) in [5, 5.41) is 2.96. The van der Waals surface area contributed by atoms with Gasteiger partial charge in [-0.25, -0.2) is 4.98 Å². The molecule has 0 radical (unpaired) electrons. The zero-order valence-electron chi connectivity index (χ0n) is 11.2. The van der Waals surface area contributed by atoms with E-state index < -0.39 is 0 Å². The molecule has 7 heteroatoms. The van der Waals surface area contributed by atoms with Crippen LogP contribution in [0, 0.1) is 5.92 Å². The Morgan fingerprint density at radius 2 is 2.25 bits per heavy atom. The Hall–Kier alpha value is -1.89. The Labute approximate surface area is 120 Å². The van der Waals surface area contributed by atoms with Crippen molar-refractivity contribution in [1.29, 1.82) is 0 Å². The average molecular weight is 291 g/mol. The quantitative estimate of drug-likeness (QED) is 0.870. The van der Waals surface area contributed by atoms with Crippen LogP contribution in [0.15, 0.2) is 11.4 Å². The van der Waals surface area contributed by atoms with Crippen molar-refractivity contribution >= 4 is 39.2 Å². The zero-order chi connectivity index (χ0) is 14.3. The molecule has 3 heterocycles. The highest BCUT2D eigenvalue weighted by Gasteiger charge is 2.30. The van der Waals surface area contributed by atoms with Gasteiger partial charge in [-0.1, -0.05) is 0 Å². The molecule has 1 saturated heterocycles. The second-order valence-corrected chi connectivity index (χ2v) is 6.12. The van der Waals surface area contributed by atoms with Gasteiger partial charge in [0.15, 0.2) is 0 Å². The van der Waals surface area contributed by atoms with Crippen molar-refractivity contribution in [2.45, 2.75) is 25.8 Å². The van der Waals surface area contributed by atoms with E-state index in [0.717, 1.165) is 28.9 Å². The normalized spacial score (nSPS) is 23.1. The van der Waals surface area contributed by atoms with Crippen LogP contribution in [0.4, 0.5) is 11.8 Å². The van der Waals surface area contributed by atoms with Gasteiger partial charge in [-0.05, 0) is 31.2 Å². The van der Waals surface area contributed by atoms with Gasteiger partial charge in [0.25, 0.3) is 0 Å². The molecule has 4 N–H and O–H groups in total. The van der Waals surface area contributed by atoms with E-state index in [1.54, 1.807) is 0 Å². The van der Waals surface area contributed by atoms with Crippen LogP contribution in [0.1, 0.15) is 19.8 Å². The van der Waals surface area contributed by atoms with E-state index in [0.29, 0.717) is 12.6 Å². The smallest absolute Gasteiger partial charge is 0.223 e. The van der Waals surface area contributed by atoms with Crippen LogP contribution < -0.4 is 16.4 Å². The van der Waals surface area contributed by atoms with Crippen LogP contribution >= 0.6 is 11.3 Å². The van der Waals surface area contributed by atoms with Crippen molar-refractivity contribution < 1.29 is 4.79 Å². The van der Waals surface area contributed by atoms with Crippen LogP contribution in [0.3, 0.4) is 0 Å². The van der Waals surface area contributed by atoms with Gasteiger partial charge >= 0.3 is 0 Å². The zero-order valence-corrected chi connectivity index (χ0v) is 12.1. The molecule has 20 heavy (non-hydrogen) atoms. The number of thiophene rings is 1. The topological polar surface area (TPSA) is 98.1 Å². The number of nitrogen functional groups attached to an aromatic ring is 1. The molecule has 6 nitrogen and oxygen atoms in total. The molecule has 0 spiro atoms. The van der Waals surface area contributed by atoms with Crippen LogP contribution in [0.25, 0.3) is 10.2 Å². The minimum Gasteiger partial charge on any atom is -0.369 e. The molecule has 2 aromatic rings. The monoisotopic (exact) mass is 291 g/mol. The fourth-order valence-electron chi connectivity index (χ4n) is 2.71. The number of rotatable bonds is 2. The molecule has 0 saturated carbocycles. The number of anilines is 2. The third-order valence-electron chi connectivity index (χ3n) is 3.88. The van der Waals surface area contributed by atoms with Crippen LogP contribution in [0.2, 0.25) is 0 Å². The number of nitrogens with two attached hydrogens (primary N) is 2. The molecule has 1 fully saturated rings. The number of hydrogen-bond donors (Lipinski definition) is 2. The number of amides is 1. The van der Waals surface area contributed by atoms with Crippen molar-refractivity contribution in [3.63, 3.8) is 0 Å². The molecule has 2 unspecified atom stereocenters. The van der Waals surface area contributed by atoms with E-state index in [1.165, 1.54) is 11.3 Å². The molecule has 0 bridgehead atoms. The maximum absolute atomic E-state index is 11.5. The molecule has 1 aliphatic rings. The Morgan fingerprint density at radius 3 is 3.00 bits per heavy atom. The molecule has 1 aliphatic heterocycles. The van der Waals surface area contributed by atoms with Gasteiger partial charge < -0.3 is 16.4 Å². The van der Waals surface area contributed by atoms with Crippen LogP contribution in [-0.4, -0.2) is 28.5 Å². The summed E-state index contributed by atoms with van der Waals surface area (Å²) in [5.41, 5.74) is 11.3. The van der Waals surface area contributed by atoms with Gasteiger partial charge in [0.1, 0.15) is 10.6 Å². The predicted molar refractivity (Wildman–Crippen MR) is 80.6 cm³/mol.